The van der Waals surface area contributed by atoms with Crippen molar-refractivity contribution in [1.82, 2.24) is 19.8 Å². The number of aliphatic imine (C=N–C) groups is 1. The lowest BCUT2D eigenvalue weighted by Crippen LogP contribution is -2.44. The minimum absolute atomic E-state index is 0. The number of hydrogen-bond donors (Lipinski definition) is 2. The summed E-state index contributed by atoms with van der Waals surface area (Å²) in [4.78, 5) is 8.04. The highest BCUT2D eigenvalue weighted by molar-refractivity contribution is 14.0. The Labute approximate surface area is 184 Å². The Morgan fingerprint density at radius 1 is 1.33 bits per heavy atom. The lowest BCUT2D eigenvalue weighted by molar-refractivity contribution is 0.267. The fraction of sp³-hybridized carbons (Fsp3) is 0.706. The van der Waals surface area contributed by atoms with Crippen molar-refractivity contribution in [3.05, 3.63) is 17.0 Å². The maximum absolute atomic E-state index is 12.2. The Hall–Kier alpha value is -0.430. The predicted octanol–water partition coefficient (Wildman–Crippen LogP) is 2.16. The van der Waals surface area contributed by atoms with Crippen LogP contribution in [0.1, 0.15) is 31.6 Å². The van der Waals surface area contributed by atoms with Gasteiger partial charge in [0, 0.05) is 38.1 Å². The number of nitrogens with one attached hydrogen (secondary N) is 2. The molecule has 1 aromatic rings. The van der Waals surface area contributed by atoms with Crippen molar-refractivity contribution in [2.45, 2.75) is 43.5 Å². The number of nitrogens with zero attached hydrogens (tertiary/aromatic N) is 3. The van der Waals surface area contributed by atoms with Gasteiger partial charge in [-0.05, 0) is 45.0 Å². The molecule has 0 bridgehead atoms. The van der Waals surface area contributed by atoms with E-state index in [0.29, 0.717) is 16.8 Å². The molecular weight excluding hydrogens is 497 g/mol. The van der Waals surface area contributed by atoms with E-state index in [1.807, 2.05) is 13.0 Å². The third-order valence-electron chi connectivity index (χ3n) is 4.52. The summed E-state index contributed by atoms with van der Waals surface area (Å²) in [6, 6.07) is 4.05. The first-order valence-electron chi connectivity index (χ1n) is 9.16. The number of halogens is 1. The maximum Gasteiger partial charge on any atom is 0.252 e. The molecule has 2 heterocycles. The summed E-state index contributed by atoms with van der Waals surface area (Å²) in [6.07, 6.45) is 2.48. The summed E-state index contributed by atoms with van der Waals surface area (Å²) < 4.78 is 25.9. The van der Waals surface area contributed by atoms with E-state index in [1.54, 1.807) is 20.2 Å². The first-order valence-corrected chi connectivity index (χ1v) is 11.4. The van der Waals surface area contributed by atoms with Gasteiger partial charge < -0.3 is 10.6 Å². The molecule has 2 N–H and O–H groups in total. The molecule has 0 aromatic carbocycles. The third kappa shape index (κ3) is 6.84. The molecule has 2 rings (SSSR count). The highest BCUT2D eigenvalue weighted by Crippen LogP contribution is 2.24. The Balaban J connectivity index is 0.00000364. The SMILES string of the molecule is CCNC(=NCc1ccc(S(=O)(=O)N(C)C)s1)NCC1CCCN1CC.I. The lowest BCUT2D eigenvalue weighted by Gasteiger charge is -2.23. The second kappa shape index (κ2) is 11.5. The molecule has 1 aliphatic heterocycles. The van der Waals surface area contributed by atoms with Crippen molar-refractivity contribution in [2.24, 2.45) is 4.99 Å². The number of thiophene rings is 1. The lowest BCUT2D eigenvalue weighted by atomic mass is 10.2. The number of rotatable bonds is 8. The molecule has 0 saturated carbocycles. The number of guanidine groups is 1. The van der Waals surface area contributed by atoms with Gasteiger partial charge in [-0.2, -0.15) is 0 Å². The fourth-order valence-corrected chi connectivity index (χ4v) is 5.47. The zero-order valence-electron chi connectivity index (χ0n) is 16.6. The van der Waals surface area contributed by atoms with Crippen LogP contribution in [-0.4, -0.2) is 69.9 Å². The minimum Gasteiger partial charge on any atom is -0.357 e. The van der Waals surface area contributed by atoms with E-state index in [-0.39, 0.29) is 24.0 Å². The normalized spacial score (nSPS) is 18.6. The standard InChI is InChI=1S/C17H31N5O2S2.HI/c1-5-18-17(19-12-14-8-7-11-22(14)6-2)20-13-15-9-10-16(25-15)26(23,24)21(3)4;/h9-10,14H,5-8,11-13H2,1-4H3,(H2,18,19,20);1H. The predicted molar refractivity (Wildman–Crippen MR) is 124 cm³/mol. The van der Waals surface area contributed by atoms with Gasteiger partial charge in [-0.3, -0.25) is 4.90 Å². The number of hydrogen-bond acceptors (Lipinski definition) is 5. The van der Waals surface area contributed by atoms with Crippen LogP contribution in [0, 0.1) is 0 Å². The van der Waals surface area contributed by atoms with Crippen LogP contribution in [0.2, 0.25) is 0 Å². The Morgan fingerprint density at radius 3 is 2.70 bits per heavy atom. The summed E-state index contributed by atoms with van der Waals surface area (Å²) in [7, 11) is -0.280. The highest BCUT2D eigenvalue weighted by Gasteiger charge is 2.23. The van der Waals surface area contributed by atoms with Crippen molar-refractivity contribution in [3.63, 3.8) is 0 Å². The molecule has 27 heavy (non-hydrogen) atoms. The molecule has 1 aromatic heterocycles. The first-order chi connectivity index (χ1) is 12.4. The minimum atomic E-state index is -3.37. The number of likely N-dealkylation sites (tertiary alicyclic amines) is 1. The monoisotopic (exact) mass is 529 g/mol. The third-order valence-corrected chi connectivity index (χ3v) is 7.87. The van der Waals surface area contributed by atoms with Gasteiger partial charge in [0.25, 0.3) is 10.0 Å². The van der Waals surface area contributed by atoms with Gasteiger partial charge >= 0.3 is 0 Å². The quantitative estimate of drug-likeness (QED) is 0.307. The molecule has 1 atom stereocenters. The van der Waals surface area contributed by atoms with E-state index < -0.39 is 10.0 Å². The summed E-state index contributed by atoms with van der Waals surface area (Å²) in [5.74, 6) is 0.779. The van der Waals surface area contributed by atoms with Gasteiger partial charge in [-0.15, -0.1) is 35.3 Å². The van der Waals surface area contributed by atoms with Crippen LogP contribution in [0.3, 0.4) is 0 Å². The zero-order valence-corrected chi connectivity index (χ0v) is 20.5. The highest BCUT2D eigenvalue weighted by atomic mass is 127. The molecule has 10 heteroatoms. The fourth-order valence-electron chi connectivity index (χ4n) is 3.02. The van der Waals surface area contributed by atoms with Gasteiger partial charge in [0.05, 0.1) is 6.54 Å². The second-order valence-electron chi connectivity index (χ2n) is 6.51. The molecule has 1 saturated heterocycles. The van der Waals surface area contributed by atoms with Gasteiger partial charge in [-0.1, -0.05) is 6.92 Å². The molecule has 0 spiro atoms. The summed E-state index contributed by atoms with van der Waals surface area (Å²) in [5.41, 5.74) is 0. The molecule has 156 valence electrons. The number of likely N-dealkylation sites (N-methyl/N-ethyl adjacent to an activating group) is 1. The summed E-state index contributed by atoms with van der Waals surface area (Å²) in [5, 5.41) is 6.69. The summed E-state index contributed by atoms with van der Waals surface area (Å²) >= 11 is 1.28. The summed E-state index contributed by atoms with van der Waals surface area (Å²) in [6.45, 7) is 8.63. The van der Waals surface area contributed by atoms with Crippen LogP contribution < -0.4 is 10.6 Å². The number of sulfonamides is 1. The molecule has 1 fully saturated rings. The second-order valence-corrected chi connectivity index (χ2v) is 10.1. The maximum atomic E-state index is 12.2. The largest absolute Gasteiger partial charge is 0.357 e. The molecule has 1 unspecified atom stereocenters. The molecule has 7 nitrogen and oxygen atoms in total. The Bertz CT molecular complexity index is 706. The van der Waals surface area contributed by atoms with Crippen LogP contribution in [-0.2, 0) is 16.6 Å². The molecular formula is C17H32IN5O2S2. The van der Waals surface area contributed by atoms with Crippen molar-refractivity contribution in [3.8, 4) is 0 Å². The van der Waals surface area contributed by atoms with Gasteiger partial charge in [0.1, 0.15) is 4.21 Å². The topological polar surface area (TPSA) is 77.0 Å². The first kappa shape index (κ1) is 24.6. The van der Waals surface area contributed by atoms with Crippen LogP contribution in [0.15, 0.2) is 21.3 Å². The molecule has 0 aliphatic carbocycles. The van der Waals surface area contributed by atoms with E-state index in [9.17, 15) is 8.42 Å². The molecule has 0 amide bonds. The smallest absolute Gasteiger partial charge is 0.252 e. The van der Waals surface area contributed by atoms with E-state index in [4.69, 9.17) is 0 Å². The average Bonchev–Trinajstić information content (AvgIpc) is 3.26. The Morgan fingerprint density at radius 2 is 2.07 bits per heavy atom. The van der Waals surface area contributed by atoms with Crippen LogP contribution in [0.25, 0.3) is 0 Å². The van der Waals surface area contributed by atoms with E-state index in [0.717, 1.165) is 30.5 Å². The van der Waals surface area contributed by atoms with E-state index in [1.165, 1.54) is 35.0 Å². The van der Waals surface area contributed by atoms with Crippen molar-refractivity contribution in [1.29, 1.82) is 0 Å². The van der Waals surface area contributed by atoms with E-state index >= 15 is 0 Å². The van der Waals surface area contributed by atoms with Crippen molar-refractivity contribution in [2.75, 3.05) is 40.3 Å². The van der Waals surface area contributed by atoms with Crippen molar-refractivity contribution >= 4 is 51.3 Å². The average molecular weight is 530 g/mol. The van der Waals surface area contributed by atoms with Gasteiger partial charge in [0.2, 0.25) is 0 Å². The van der Waals surface area contributed by atoms with Gasteiger partial charge in [-0.25, -0.2) is 17.7 Å². The van der Waals surface area contributed by atoms with Gasteiger partial charge in [0.15, 0.2) is 5.96 Å². The van der Waals surface area contributed by atoms with Crippen LogP contribution in [0.4, 0.5) is 0 Å². The Kier molecular flexibility index (Phi) is 10.5. The van der Waals surface area contributed by atoms with Crippen LogP contribution >= 0.6 is 35.3 Å². The van der Waals surface area contributed by atoms with Crippen LogP contribution in [0.5, 0.6) is 0 Å². The molecule has 1 aliphatic rings. The zero-order chi connectivity index (χ0) is 19.2. The molecule has 0 radical (unpaired) electrons. The van der Waals surface area contributed by atoms with Crippen molar-refractivity contribution < 1.29 is 8.42 Å². The van der Waals surface area contributed by atoms with E-state index in [2.05, 4.69) is 27.4 Å².